The molecule has 0 aromatic heterocycles. The highest BCUT2D eigenvalue weighted by Gasteiger charge is 2.52. The number of rotatable bonds is 6. The van der Waals surface area contributed by atoms with Crippen LogP contribution in [0.15, 0.2) is 48.5 Å². The summed E-state index contributed by atoms with van der Waals surface area (Å²) in [7, 11) is 1.50. The lowest BCUT2D eigenvalue weighted by Crippen LogP contribution is -2.41. The smallest absolute Gasteiger partial charge is 0.399 e. The molecule has 0 amide bonds. The third-order valence-corrected chi connectivity index (χ3v) is 7.92. The van der Waals surface area contributed by atoms with Crippen molar-refractivity contribution in [3.05, 3.63) is 59.7 Å². The van der Waals surface area contributed by atoms with Crippen LogP contribution in [-0.2, 0) is 31.7 Å². The summed E-state index contributed by atoms with van der Waals surface area (Å²) in [4.78, 5) is 2.31. The van der Waals surface area contributed by atoms with E-state index >= 15 is 0 Å². The van der Waals surface area contributed by atoms with Gasteiger partial charge in [-0.1, -0.05) is 48.5 Å². The first kappa shape index (κ1) is 25.5. The molecule has 182 valence electrons. The van der Waals surface area contributed by atoms with E-state index in [0.29, 0.717) is 0 Å². The zero-order valence-corrected chi connectivity index (χ0v) is 22.3. The molecular formula is C27H39B2NO4. The summed E-state index contributed by atoms with van der Waals surface area (Å²) in [5.41, 5.74) is 3.34. The van der Waals surface area contributed by atoms with Crippen LogP contribution in [0.3, 0.4) is 0 Å². The van der Waals surface area contributed by atoms with Crippen molar-refractivity contribution in [1.29, 1.82) is 0 Å². The topological polar surface area (TPSA) is 40.2 Å². The summed E-state index contributed by atoms with van der Waals surface area (Å²) in [5, 5.41) is 0. The Morgan fingerprint density at radius 1 is 0.529 bits per heavy atom. The molecule has 2 heterocycles. The van der Waals surface area contributed by atoms with E-state index in [1.165, 1.54) is 11.1 Å². The van der Waals surface area contributed by atoms with Gasteiger partial charge in [-0.05, 0) is 84.5 Å². The third kappa shape index (κ3) is 5.00. The molecule has 2 aromatic rings. The van der Waals surface area contributed by atoms with Crippen molar-refractivity contribution >= 4 is 25.2 Å². The quantitative estimate of drug-likeness (QED) is 0.608. The normalized spacial score (nSPS) is 22.5. The van der Waals surface area contributed by atoms with Gasteiger partial charge in [0.05, 0.1) is 22.4 Å². The molecule has 34 heavy (non-hydrogen) atoms. The first-order valence-corrected chi connectivity index (χ1v) is 12.3. The Morgan fingerprint density at radius 2 is 0.794 bits per heavy atom. The predicted molar refractivity (Wildman–Crippen MR) is 139 cm³/mol. The standard InChI is InChI=1S/C27H39B2NO4/c1-24(2)25(3,4)32-28(31-24)22-14-10-20(11-15-22)18-30(9)19-21-12-16-23(17-13-21)29-33-26(5,6)27(7,8)34-29/h10-17H,18-19H2,1-9H3. The van der Waals surface area contributed by atoms with Crippen molar-refractivity contribution in [3.63, 3.8) is 0 Å². The molecular weight excluding hydrogens is 424 g/mol. The van der Waals surface area contributed by atoms with E-state index in [-0.39, 0.29) is 36.6 Å². The SMILES string of the molecule is CN(Cc1ccc(B2OC(C)(C)C(C)(C)O2)cc1)Cc1ccc(B2OC(C)(C)C(C)(C)O2)cc1. The highest BCUT2D eigenvalue weighted by Crippen LogP contribution is 2.37. The zero-order chi connectivity index (χ0) is 24.9. The lowest BCUT2D eigenvalue weighted by atomic mass is 9.79. The molecule has 4 rings (SSSR count). The van der Waals surface area contributed by atoms with Gasteiger partial charge in [-0.2, -0.15) is 0 Å². The number of hydrogen-bond donors (Lipinski definition) is 0. The molecule has 7 heteroatoms. The molecule has 0 spiro atoms. The van der Waals surface area contributed by atoms with Crippen molar-refractivity contribution < 1.29 is 18.6 Å². The molecule has 0 atom stereocenters. The summed E-state index contributed by atoms with van der Waals surface area (Å²) in [5.74, 6) is 0. The van der Waals surface area contributed by atoms with E-state index in [0.717, 1.165) is 24.0 Å². The Balaban J connectivity index is 1.32. The van der Waals surface area contributed by atoms with Crippen LogP contribution in [0.2, 0.25) is 0 Å². The Morgan fingerprint density at radius 3 is 1.06 bits per heavy atom. The predicted octanol–water partition coefficient (Wildman–Crippen LogP) is 3.92. The maximum Gasteiger partial charge on any atom is 0.494 e. The molecule has 0 bridgehead atoms. The van der Waals surface area contributed by atoms with Crippen LogP contribution in [-0.4, -0.2) is 48.6 Å². The van der Waals surface area contributed by atoms with Crippen molar-refractivity contribution in [1.82, 2.24) is 4.90 Å². The van der Waals surface area contributed by atoms with Gasteiger partial charge in [-0.15, -0.1) is 0 Å². The highest BCUT2D eigenvalue weighted by atomic mass is 16.7. The van der Waals surface area contributed by atoms with Crippen molar-refractivity contribution in [2.45, 2.75) is 90.9 Å². The molecule has 2 aliphatic heterocycles. The van der Waals surface area contributed by atoms with Crippen LogP contribution in [0, 0.1) is 0 Å². The Hall–Kier alpha value is -1.63. The Kier molecular flexibility index (Phi) is 6.58. The second-order valence-corrected chi connectivity index (χ2v) is 11.8. The monoisotopic (exact) mass is 463 g/mol. The fourth-order valence-corrected chi connectivity index (χ4v) is 4.20. The summed E-state index contributed by atoms with van der Waals surface area (Å²) in [6, 6.07) is 17.1. The van der Waals surface area contributed by atoms with Gasteiger partial charge in [-0.3, -0.25) is 4.90 Å². The average molecular weight is 463 g/mol. The minimum Gasteiger partial charge on any atom is -0.399 e. The molecule has 5 nitrogen and oxygen atoms in total. The number of benzene rings is 2. The Bertz CT molecular complexity index is 889. The lowest BCUT2D eigenvalue weighted by Gasteiger charge is -2.32. The first-order valence-electron chi connectivity index (χ1n) is 12.3. The van der Waals surface area contributed by atoms with Crippen LogP contribution in [0.25, 0.3) is 0 Å². The minimum atomic E-state index is -0.325. The fourth-order valence-electron chi connectivity index (χ4n) is 4.20. The minimum absolute atomic E-state index is 0.320. The maximum atomic E-state index is 6.17. The van der Waals surface area contributed by atoms with Gasteiger partial charge in [0.25, 0.3) is 0 Å². The molecule has 2 fully saturated rings. The van der Waals surface area contributed by atoms with Gasteiger partial charge in [0.15, 0.2) is 0 Å². The van der Waals surface area contributed by atoms with Crippen molar-refractivity contribution in [2.24, 2.45) is 0 Å². The van der Waals surface area contributed by atoms with Crippen LogP contribution in [0.4, 0.5) is 0 Å². The molecule has 2 saturated heterocycles. The van der Waals surface area contributed by atoms with Crippen LogP contribution < -0.4 is 10.9 Å². The number of hydrogen-bond acceptors (Lipinski definition) is 5. The lowest BCUT2D eigenvalue weighted by molar-refractivity contribution is 0.00578. The van der Waals surface area contributed by atoms with E-state index < -0.39 is 0 Å². The van der Waals surface area contributed by atoms with Gasteiger partial charge in [-0.25, -0.2) is 0 Å². The summed E-state index contributed by atoms with van der Waals surface area (Å²) in [6.07, 6.45) is 0. The van der Waals surface area contributed by atoms with Crippen LogP contribution in [0.5, 0.6) is 0 Å². The third-order valence-electron chi connectivity index (χ3n) is 7.92. The molecule has 2 aliphatic rings. The summed E-state index contributed by atoms with van der Waals surface area (Å²) < 4.78 is 24.7. The van der Waals surface area contributed by atoms with Crippen LogP contribution in [0.1, 0.15) is 66.5 Å². The van der Waals surface area contributed by atoms with Crippen molar-refractivity contribution in [3.8, 4) is 0 Å². The van der Waals surface area contributed by atoms with Gasteiger partial charge in [0, 0.05) is 13.1 Å². The second-order valence-electron chi connectivity index (χ2n) is 11.8. The average Bonchev–Trinajstić information content (AvgIpc) is 3.08. The van der Waals surface area contributed by atoms with E-state index in [9.17, 15) is 0 Å². The number of nitrogens with zero attached hydrogens (tertiary/aromatic N) is 1. The fraction of sp³-hybridized carbons (Fsp3) is 0.556. The highest BCUT2D eigenvalue weighted by molar-refractivity contribution is 6.62. The first-order chi connectivity index (χ1) is 15.7. The zero-order valence-electron chi connectivity index (χ0n) is 22.3. The van der Waals surface area contributed by atoms with Crippen LogP contribution >= 0.6 is 0 Å². The van der Waals surface area contributed by atoms with Gasteiger partial charge in [0.2, 0.25) is 0 Å². The molecule has 0 radical (unpaired) electrons. The Labute approximate surface area is 206 Å². The van der Waals surface area contributed by atoms with E-state index in [1.54, 1.807) is 0 Å². The maximum absolute atomic E-state index is 6.17. The van der Waals surface area contributed by atoms with Gasteiger partial charge >= 0.3 is 14.2 Å². The molecule has 0 saturated carbocycles. The van der Waals surface area contributed by atoms with Gasteiger partial charge in [0.1, 0.15) is 0 Å². The van der Waals surface area contributed by atoms with Gasteiger partial charge < -0.3 is 18.6 Å². The molecule has 0 aliphatic carbocycles. The molecule has 2 aromatic carbocycles. The van der Waals surface area contributed by atoms with E-state index in [4.69, 9.17) is 18.6 Å². The molecule has 0 unspecified atom stereocenters. The van der Waals surface area contributed by atoms with E-state index in [1.807, 2.05) is 0 Å². The largest absolute Gasteiger partial charge is 0.494 e. The second kappa shape index (κ2) is 8.79. The summed E-state index contributed by atoms with van der Waals surface area (Å²) >= 11 is 0. The summed E-state index contributed by atoms with van der Waals surface area (Å²) in [6.45, 7) is 18.4. The van der Waals surface area contributed by atoms with E-state index in [2.05, 4.69) is 116 Å². The molecule has 0 N–H and O–H groups in total. The van der Waals surface area contributed by atoms with Crippen molar-refractivity contribution in [2.75, 3.05) is 7.05 Å².